The molecule has 0 aromatic heterocycles. The molecule has 0 saturated carbocycles. The van der Waals surface area contributed by atoms with Crippen LogP contribution in [-0.4, -0.2) is 19.6 Å². The van der Waals surface area contributed by atoms with Gasteiger partial charge in [0.25, 0.3) is 0 Å². The molecule has 224 valence electrons. The fourth-order valence-corrected chi connectivity index (χ4v) is 5.75. The van der Waals surface area contributed by atoms with Gasteiger partial charge in [-0.05, 0) is 18.8 Å². The molecular formula is C32H65NaO4S. The van der Waals surface area contributed by atoms with Crippen LogP contribution in [0.3, 0.4) is 0 Å². The molecule has 1 atom stereocenters. The van der Waals surface area contributed by atoms with Crippen molar-refractivity contribution in [3.8, 4) is 0 Å². The maximum Gasteiger partial charge on any atom is 1.00 e. The summed E-state index contributed by atoms with van der Waals surface area (Å²) in [5.41, 5.74) is 0. The summed E-state index contributed by atoms with van der Waals surface area (Å²) >= 11 is 0. The van der Waals surface area contributed by atoms with Gasteiger partial charge in [-0.3, -0.25) is 4.18 Å². The van der Waals surface area contributed by atoms with Crippen LogP contribution in [0.15, 0.2) is 0 Å². The molecule has 0 bridgehead atoms. The molecule has 1 unspecified atom stereocenters. The van der Waals surface area contributed by atoms with E-state index in [4.69, 9.17) is 0 Å². The Bertz CT molecular complexity index is 542. The Kier molecular flexibility index (Phi) is 34.9. The minimum absolute atomic E-state index is 0. The fourth-order valence-electron chi connectivity index (χ4n) is 5.39. The van der Waals surface area contributed by atoms with Crippen LogP contribution in [0.2, 0.25) is 0 Å². The molecule has 38 heavy (non-hydrogen) atoms. The predicted octanol–water partition coefficient (Wildman–Crippen LogP) is 8.05. The van der Waals surface area contributed by atoms with Gasteiger partial charge in [-0.25, -0.2) is 8.42 Å². The molecule has 4 nitrogen and oxygen atoms in total. The third-order valence-electron chi connectivity index (χ3n) is 7.88. The summed E-state index contributed by atoms with van der Waals surface area (Å²) in [5, 5.41) is 0. The zero-order valence-corrected chi connectivity index (χ0v) is 28.9. The third kappa shape index (κ3) is 34.9. The average Bonchev–Trinajstić information content (AvgIpc) is 2.87. The molecule has 0 radical (unpaired) electrons. The first-order valence-corrected chi connectivity index (χ1v) is 17.9. The summed E-state index contributed by atoms with van der Waals surface area (Å²) in [5.74, 6) is 0.199. The van der Waals surface area contributed by atoms with Gasteiger partial charge in [-0.2, -0.15) is 0 Å². The molecular weight excluding hydrogens is 503 g/mol. The Morgan fingerprint density at radius 2 is 0.711 bits per heavy atom. The summed E-state index contributed by atoms with van der Waals surface area (Å²) < 4.78 is 37.4. The van der Waals surface area contributed by atoms with E-state index in [1.807, 2.05) is 0 Å². The van der Waals surface area contributed by atoms with Crippen molar-refractivity contribution in [3.05, 3.63) is 0 Å². The van der Waals surface area contributed by atoms with Crippen LogP contribution in [0, 0.1) is 5.92 Å². The summed E-state index contributed by atoms with van der Waals surface area (Å²) in [4.78, 5) is 0. The van der Waals surface area contributed by atoms with Crippen LogP contribution in [0.25, 0.3) is 0 Å². The second kappa shape index (κ2) is 32.4. The van der Waals surface area contributed by atoms with E-state index in [2.05, 4.69) is 18.0 Å². The minimum atomic E-state index is -4.58. The first-order valence-electron chi connectivity index (χ1n) is 16.6. The van der Waals surface area contributed by atoms with Crippen LogP contribution in [0.4, 0.5) is 0 Å². The minimum Gasteiger partial charge on any atom is -0.726 e. The number of hydrogen-bond acceptors (Lipinski definition) is 4. The zero-order valence-electron chi connectivity index (χ0n) is 26.1. The monoisotopic (exact) mass is 568 g/mol. The number of rotatable bonds is 31. The SMILES string of the molecule is CCCCCCCCCCCCCCCCCCCC(CCCCCCCCCCC)COS(=O)(=O)[O-].[Na+]. The van der Waals surface area contributed by atoms with Crippen molar-refractivity contribution < 1.29 is 46.7 Å². The standard InChI is InChI=1S/C32H66O4S.Na/c1-3-5-7-9-11-13-14-15-16-17-18-19-20-22-24-26-28-30-32(31-36-37(33,34)35)29-27-25-23-21-12-10-8-6-4-2;/h32H,3-31H2,1-2H3,(H,33,34,35);/q;+1/p-1. The van der Waals surface area contributed by atoms with E-state index < -0.39 is 10.4 Å². The number of unbranched alkanes of at least 4 members (excludes halogenated alkanes) is 24. The van der Waals surface area contributed by atoms with Crippen LogP contribution in [-0.2, 0) is 14.6 Å². The molecule has 0 N–H and O–H groups in total. The Morgan fingerprint density at radius 1 is 0.474 bits per heavy atom. The van der Waals surface area contributed by atoms with Gasteiger partial charge in [-0.1, -0.05) is 181 Å². The van der Waals surface area contributed by atoms with E-state index in [1.165, 1.54) is 154 Å². The maximum absolute atomic E-state index is 10.9. The van der Waals surface area contributed by atoms with E-state index in [0.717, 1.165) is 25.7 Å². The van der Waals surface area contributed by atoms with Gasteiger partial charge in [0.2, 0.25) is 10.4 Å². The molecule has 0 aromatic rings. The Balaban J connectivity index is 0. The van der Waals surface area contributed by atoms with Crippen molar-refractivity contribution >= 4 is 10.4 Å². The zero-order chi connectivity index (χ0) is 27.3. The van der Waals surface area contributed by atoms with E-state index in [-0.39, 0.29) is 42.1 Å². The summed E-state index contributed by atoms with van der Waals surface area (Å²) in [6.07, 6.45) is 36.7. The van der Waals surface area contributed by atoms with Gasteiger partial charge in [0.1, 0.15) is 0 Å². The Morgan fingerprint density at radius 3 is 0.947 bits per heavy atom. The predicted molar refractivity (Wildman–Crippen MR) is 160 cm³/mol. The van der Waals surface area contributed by atoms with Crippen LogP contribution in [0.5, 0.6) is 0 Å². The topological polar surface area (TPSA) is 66.4 Å². The smallest absolute Gasteiger partial charge is 0.726 e. The molecule has 0 aromatic carbocycles. The van der Waals surface area contributed by atoms with Gasteiger partial charge >= 0.3 is 29.6 Å². The van der Waals surface area contributed by atoms with Crippen molar-refractivity contribution in [3.63, 3.8) is 0 Å². The molecule has 0 heterocycles. The normalized spacial score (nSPS) is 12.5. The third-order valence-corrected chi connectivity index (χ3v) is 8.30. The Labute approximate surface area is 261 Å². The summed E-state index contributed by atoms with van der Waals surface area (Å²) in [6.45, 7) is 4.60. The van der Waals surface area contributed by atoms with Crippen molar-refractivity contribution in [2.24, 2.45) is 5.92 Å². The van der Waals surface area contributed by atoms with E-state index >= 15 is 0 Å². The molecule has 0 spiro atoms. The molecule has 0 rings (SSSR count). The van der Waals surface area contributed by atoms with Gasteiger partial charge in [0.05, 0.1) is 6.61 Å². The maximum atomic E-state index is 10.9. The fraction of sp³-hybridized carbons (Fsp3) is 1.00. The number of hydrogen-bond donors (Lipinski definition) is 0. The van der Waals surface area contributed by atoms with Crippen molar-refractivity contribution in [2.75, 3.05) is 6.61 Å². The van der Waals surface area contributed by atoms with Crippen molar-refractivity contribution in [1.82, 2.24) is 0 Å². The van der Waals surface area contributed by atoms with Gasteiger partial charge in [0.15, 0.2) is 0 Å². The molecule has 6 heteroatoms. The average molecular weight is 569 g/mol. The van der Waals surface area contributed by atoms with Crippen LogP contribution < -0.4 is 29.6 Å². The quantitative estimate of drug-likeness (QED) is 0.0367. The molecule has 0 aliphatic carbocycles. The van der Waals surface area contributed by atoms with Crippen molar-refractivity contribution in [1.29, 1.82) is 0 Å². The second-order valence-electron chi connectivity index (χ2n) is 11.6. The van der Waals surface area contributed by atoms with Gasteiger partial charge < -0.3 is 4.55 Å². The van der Waals surface area contributed by atoms with Crippen molar-refractivity contribution in [2.45, 2.75) is 194 Å². The van der Waals surface area contributed by atoms with E-state index in [1.54, 1.807) is 0 Å². The second-order valence-corrected chi connectivity index (χ2v) is 12.7. The molecule has 0 aliphatic heterocycles. The molecule has 0 amide bonds. The summed E-state index contributed by atoms with van der Waals surface area (Å²) in [7, 11) is -4.58. The van der Waals surface area contributed by atoms with Gasteiger partial charge in [-0.15, -0.1) is 0 Å². The molecule has 0 saturated heterocycles. The Hall–Kier alpha value is 0.870. The first kappa shape index (κ1) is 41.0. The first-order chi connectivity index (χ1) is 18.0. The molecule has 0 aliphatic rings. The van der Waals surface area contributed by atoms with E-state index in [9.17, 15) is 13.0 Å². The largest absolute Gasteiger partial charge is 1.00 e. The van der Waals surface area contributed by atoms with Gasteiger partial charge in [0, 0.05) is 0 Å². The summed E-state index contributed by atoms with van der Waals surface area (Å²) in [6, 6.07) is 0. The van der Waals surface area contributed by atoms with Crippen LogP contribution in [0.1, 0.15) is 194 Å². The van der Waals surface area contributed by atoms with Crippen LogP contribution >= 0.6 is 0 Å². The molecule has 0 fully saturated rings. The van der Waals surface area contributed by atoms with E-state index in [0.29, 0.717) is 0 Å².